The van der Waals surface area contributed by atoms with Gasteiger partial charge in [-0.05, 0) is 31.3 Å². The van der Waals surface area contributed by atoms with E-state index in [1.165, 1.54) is 0 Å². The molecule has 0 radical (unpaired) electrons. The van der Waals surface area contributed by atoms with E-state index in [1.54, 1.807) is 6.20 Å². The van der Waals surface area contributed by atoms with Gasteiger partial charge in [0.2, 0.25) is 0 Å². The number of hydrogen-bond donors (Lipinski definition) is 1. The highest BCUT2D eigenvalue weighted by molar-refractivity contribution is 9.10. The number of ether oxygens (including phenoxy) is 1. The van der Waals surface area contributed by atoms with Crippen molar-refractivity contribution in [2.45, 2.75) is 26.3 Å². The summed E-state index contributed by atoms with van der Waals surface area (Å²) >= 11 is 3.41. The molecule has 20 heavy (non-hydrogen) atoms. The molecule has 0 amide bonds. The molecule has 5 heteroatoms. The Labute approximate surface area is 127 Å². The first-order valence-corrected chi connectivity index (χ1v) is 7.33. The Hall–Kier alpha value is -1.46. The van der Waals surface area contributed by atoms with E-state index in [9.17, 15) is 0 Å². The second kappa shape index (κ2) is 6.81. The van der Waals surface area contributed by atoms with E-state index in [0.29, 0.717) is 18.2 Å². The standard InChI is InChI=1S/C15H18BrN3O/c1-10(2)15-18-9-14(13(19-15)8-17-3)20-12-6-4-11(16)5-7-12/h4-7,9-10,17H,8H2,1-3H3. The maximum atomic E-state index is 5.87. The molecule has 0 aliphatic heterocycles. The Morgan fingerprint density at radius 2 is 1.95 bits per heavy atom. The molecule has 0 bridgehead atoms. The number of nitrogens with one attached hydrogen (secondary N) is 1. The quantitative estimate of drug-likeness (QED) is 0.900. The minimum absolute atomic E-state index is 0.298. The SMILES string of the molecule is CNCc1nc(C(C)C)ncc1Oc1ccc(Br)cc1. The van der Waals surface area contributed by atoms with Crippen LogP contribution in [0.3, 0.4) is 0 Å². The van der Waals surface area contributed by atoms with E-state index in [2.05, 4.69) is 45.1 Å². The largest absolute Gasteiger partial charge is 0.454 e. The van der Waals surface area contributed by atoms with Gasteiger partial charge in [-0.3, -0.25) is 0 Å². The first kappa shape index (κ1) is 14.9. The molecule has 1 heterocycles. The van der Waals surface area contributed by atoms with Gasteiger partial charge in [0.1, 0.15) is 17.3 Å². The van der Waals surface area contributed by atoms with Crippen LogP contribution in [-0.2, 0) is 6.54 Å². The van der Waals surface area contributed by atoms with E-state index >= 15 is 0 Å². The van der Waals surface area contributed by atoms with Crippen LogP contribution in [0, 0.1) is 0 Å². The van der Waals surface area contributed by atoms with Crippen LogP contribution in [0.15, 0.2) is 34.9 Å². The summed E-state index contributed by atoms with van der Waals surface area (Å²) in [6, 6.07) is 7.69. The minimum atomic E-state index is 0.298. The summed E-state index contributed by atoms with van der Waals surface area (Å²) in [4.78, 5) is 8.93. The van der Waals surface area contributed by atoms with E-state index in [-0.39, 0.29) is 0 Å². The van der Waals surface area contributed by atoms with Crippen LogP contribution in [0.4, 0.5) is 0 Å². The Bertz CT molecular complexity index is 570. The van der Waals surface area contributed by atoms with Crippen LogP contribution >= 0.6 is 15.9 Å². The molecular formula is C15H18BrN3O. The molecule has 0 fully saturated rings. The van der Waals surface area contributed by atoms with Gasteiger partial charge in [-0.25, -0.2) is 9.97 Å². The highest BCUT2D eigenvalue weighted by Gasteiger charge is 2.11. The molecule has 106 valence electrons. The second-order valence-electron chi connectivity index (χ2n) is 4.78. The highest BCUT2D eigenvalue weighted by atomic mass is 79.9. The van der Waals surface area contributed by atoms with Crippen molar-refractivity contribution in [1.82, 2.24) is 15.3 Å². The van der Waals surface area contributed by atoms with Crippen LogP contribution in [0.5, 0.6) is 11.5 Å². The third-order valence-electron chi connectivity index (χ3n) is 2.75. The first-order valence-electron chi connectivity index (χ1n) is 6.54. The minimum Gasteiger partial charge on any atom is -0.454 e. The second-order valence-corrected chi connectivity index (χ2v) is 5.70. The van der Waals surface area contributed by atoms with E-state index in [0.717, 1.165) is 21.7 Å². The fraction of sp³-hybridized carbons (Fsp3) is 0.333. The van der Waals surface area contributed by atoms with Gasteiger partial charge in [0.15, 0.2) is 5.75 Å². The lowest BCUT2D eigenvalue weighted by Gasteiger charge is -2.12. The summed E-state index contributed by atoms with van der Waals surface area (Å²) in [6.45, 7) is 4.80. The predicted molar refractivity (Wildman–Crippen MR) is 83.1 cm³/mol. The third-order valence-corrected chi connectivity index (χ3v) is 3.28. The van der Waals surface area contributed by atoms with Crippen molar-refractivity contribution < 1.29 is 4.74 Å². The Balaban J connectivity index is 2.27. The van der Waals surface area contributed by atoms with Gasteiger partial charge in [-0.15, -0.1) is 0 Å². The highest BCUT2D eigenvalue weighted by Crippen LogP contribution is 2.26. The zero-order chi connectivity index (χ0) is 14.5. The molecule has 0 atom stereocenters. The maximum Gasteiger partial charge on any atom is 0.168 e. The summed E-state index contributed by atoms with van der Waals surface area (Å²) in [5.74, 6) is 2.59. The number of halogens is 1. The number of nitrogens with zero attached hydrogens (tertiary/aromatic N) is 2. The van der Waals surface area contributed by atoms with Crippen LogP contribution in [-0.4, -0.2) is 17.0 Å². The number of rotatable bonds is 5. The monoisotopic (exact) mass is 335 g/mol. The average molecular weight is 336 g/mol. The van der Waals surface area contributed by atoms with Crippen molar-refractivity contribution in [2.24, 2.45) is 0 Å². The lowest BCUT2D eigenvalue weighted by atomic mass is 10.2. The fourth-order valence-electron chi connectivity index (χ4n) is 1.71. The van der Waals surface area contributed by atoms with E-state index < -0.39 is 0 Å². The topological polar surface area (TPSA) is 47.0 Å². The van der Waals surface area contributed by atoms with Crippen molar-refractivity contribution in [2.75, 3.05) is 7.05 Å². The molecular weight excluding hydrogens is 318 g/mol. The van der Waals surface area contributed by atoms with Crippen molar-refractivity contribution in [3.05, 3.63) is 46.5 Å². The number of benzene rings is 1. The Morgan fingerprint density at radius 3 is 2.55 bits per heavy atom. The molecule has 1 aromatic carbocycles. The van der Waals surface area contributed by atoms with Crippen molar-refractivity contribution in [3.63, 3.8) is 0 Å². The van der Waals surface area contributed by atoms with Crippen LogP contribution in [0.2, 0.25) is 0 Å². The normalized spacial score (nSPS) is 10.8. The molecule has 2 rings (SSSR count). The summed E-state index contributed by atoms with van der Waals surface area (Å²) in [5, 5.41) is 3.11. The zero-order valence-electron chi connectivity index (χ0n) is 11.9. The van der Waals surface area contributed by atoms with Gasteiger partial charge in [0, 0.05) is 16.9 Å². The van der Waals surface area contributed by atoms with Crippen molar-refractivity contribution >= 4 is 15.9 Å². The molecule has 0 spiro atoms. The van der Waals surface area contributed by atoms with Gasteiger partial charge in [-0.1, -0.05) is 29.8 Å². The predicted octanol–water partition coefficient (Wildman–Crippen LogP) is 3.87. The summed E-state index contributed by atoms with van der Waals surface area (Å²) in [6.07, 6.45) is 1.75. The van der Waals surface area contributed by atoms with Crippen LogP contribution in [0.25, 0.3) is 0 Å². The molecule has 0 aliphatic carbocycles. The molecule has 0 aliphatic rings. The zero-order valence-corrected chi connectivity index (χ0v) is 13.4. The van der Waals surface area contributed by atoms with Gasteiger partial charge in [-0.2, -0.15) is 0 Å². The Kier molecular flexibility index (Phi) is 5.09. The lowest BCUT2D eigenvalue weighted by molar-refractivity contribution is 0.464. The van der Waals surface area contributed by atoms with Crippen LogP contribution < -0.4 is 10.1 Å². The average Bonchev–Trinajstić information content (AvgIpc) is 2.43. The Morgan fingerprint density at radius 1 is 1.25 bits per heavy atom. The summed E-state index contributed by atoms with van der Waals surface area (Å²) in [5.41, 5.74) is 0.870. The molecule has 1 aromatic heterocycles. The van der Waals surface area contributed by atoms with Gasteiger partial charge in [0.05, 0.1) is 6.20 Å². The van der Waals surface area contributed by atoms with Gasteiger partial charge < -0.3 is 10.1 Å². The van der Waals surface area contributed by atoms with E-state index in [1.807, 2.05) is 31.3 Å². The molecule has 4 nitrogen and oxygen atoms in total. The molecule has 0 saturated heterocycles. The fourth-order valence-corrected chi connectivity index (χ4v) is 1.97. The van der Waals surface area contributed by atoms with E-state index in [4.69, 9.17) is 4.74 Å². The summed E-state index contributed by atoms with van der Waals surface area (Å²) < 4.78 is 6.89. The van der Waals surface area contributed by atoms with Gasteiger partial charge in [0.25, 0.3) is 0 Å². The molecule has 2 aromatic rings. The molecule has 0 saturated carbocycles. The third kappa shape index (κ3) is 3.77. The molecule has 0 unspecified atom stereocenters. The first-order chi connectivity index (χ1) is 9.60. The van der Waals surface area contributed by atoms with Gasteiger partial charge >= 0.3 is 0 Å². The van der Waals surface area contributed by atoms with Crippen LogP contribution in [0.1, 0.15) is 31.3 Å². The summed E-state index contributed by atoms with van der Waals surface area (Å²) in [7, 11) is 1.89. The van der Waals surface area contributed by atoms with Crippen molar-refractivity contribution in [3.8, 4) is 11.5 Å². The van der Waals surface area contributed by atoms with Crippen molar-refractivity contribution in [1.29, 1.82) is 0 Å². The number of hydrogen-bond acceptors (Lipinski definition) is 4. The smallest absolute Gasteiger partial charge is 0.168 e. The molecule has 1 N–H and O–H groups in total. The number of aromatic nitrogens is 2. The maximum absolute atomic E-state index is 5.87. The lowest BCUT2D eigenvalue weighted by Crippen LogP contribution is -2.11.